The molecule has 0 amide bonds. The highest BCUT2D eigenvalue weighted by molar-refractivity contribution is 5.81. The fraction of sp³-hybridized carbons (Fsp3) is 0.600. The molecule has 6 N–H and O–H groups in total. The van der Waals surface area contributed by atoms with Gasteiger partial charge in [0.2, 0.25) is 0 Å². The van der Waals surface area contributed by atoms with Crippen LogP contribution in [0, 0.1) is 0 Å². The number of guanidine groups is 1. The first-order chi connectivity index (χ1) is 5.07. The lowest BCUT2D eigenvalue weighted by Crippen LogP contribution is -2.29. The first-order valence-electron chi connectivity index (χ1n) is 3.00. The molecule has 0 aromatic carbocycles. The Bertz CT molecular complexity index is 164. The maximum atomic E-state index is 10.3. The number of hydrogen-bond acceptors (Lipinski definition) is 3. The second-order valence-electron chi connectivity index (χ2n) is 1.92. The molecule has 0 fully saturated rings. The van der Waals surface area contributed by atoms with Crippen molar-refractivity contribution in [3.63, 3.8) is 0 Å². The lowest BCUT2D eigenvalue weighted by molar-refractivity contribution is -0.138. The van der Waals surface area contributed by atoms with Gasteiger partial charge in [-0.1, -0.05) is 0 Å². The van der Waals surface area contributed by atoms with Crippen molar-refractivity contribution in [2.45, 2.75) is 12.5 Å². The van der Waals surface area contributed by atoms with Gasteiger partial charge in [-0.25, -0.2) is 9.79 Å². The molecular formula is C5H11N3O3. The maximum Gasteiger partial charge on any atom is 0.328 e. The van der Waals surface area contributed by atoms with E-state index in [1.54, 1.807) is 0 Å². The van der Waals surface area contributed by atoms with Crippen molar-refractivity contribution < 1.29 is 15.0 Å². The average Bonchev–Trinajstić information content (AvgIpc) is 1.86. The van der Waals surface area contributed by atoms with Crippen LogP contribution in [-0.4, -0.2) is 34.8 Å². The standard InChI is InChI=1S/C5H11N3O3/c6-5(7)8-3(1-2-9)4(10)11/h3,9H,1-2H2,(H,10,11)(H4,6,7,8)/t3-/m0/s1. The molecule has 0 aromatic rings. The molecule has 0 aliphatic carbocycles. The number of aliphatic hydroxyl groups excluding tert-OH is 1. The minimum Gasteiger partial charge on any atom is -0.480 e. The molecule has 6 heteroatoms. The molecule has 0 spiro atoms. The smallest absolute Gasteiger partial charge is 0.328 e. The zero-order chi connectivity index (χ0) is 8.85. The zero-order valence-electron chi connectivity index (χ0n) is 5.90. The molecular weight excluding hydrogens is 150 g/mol. The van der Waals surface area contributed by atoms with Crippen LogP contribution in [0.2, 0.25) is 0 Å². The van der Waals surface area contributed by atoms with Crippen molar-refractivity contribution in [1.29, 1.82) is 0 Å². The van der Waals surface area contributed by atoms with Crippen LogP contribution in [0.3, 0.4) is 0 Å². The van der Waals surface area contributed by atoms with Crippen LogP contribution in [0.1, 0.15) is 6.42 Å². The summed E-state index contributed by atoms with van der Waals surface area (Å²) in [5.74, 6) is -1.43. The third-order valence-electron chi connectivity index (χ3n) is 0.993. The van der Waals surface area contributed by atoms with Crippen molar-refractivity contribution in [1.82, 2.24) is 0 Å². The molecule has 11 heavy (non-hydrogen) atoms. The number of hydrogen-bond donors (Lipinski definition) is 4. The molecule has 64 valence electrons. The van der Waals surface area contributed by atoms with Gasteiger partial charge in [-0.3, -0.25) is 0 Å². The molecule has 0 radical (unpaired) electrons. The number of carboxylic acid groups (broad SMARTS) is 1. The van der Waals surface area contributed by atoms with Crippen molar-refractivity contribution >= 4 is 11.9 Å². The van der Waals surface area contributed by atoms with Crippen LogP contribution in [-0.2, 0) is 4.79 Å². The van der Waals surface area contributed by atoms with Crippen molar-refractivity contribution in [2.24, 2.45) is 16.5 Å². The summed E-state index contributed by atoms with van der Waals surface area (Å²) in [6, 6.07) is -1.04. The first kappa shape index (κ1) is 9.70. The van der Waals surface area contributed by atoms with E-state index in [0.29, 0.717) is 0 Å². The van der Waals surface area contributed by atoms with Crippen molar-refractivity contribution in [2.75, 3.05) is 6.61 Å². The molecule has 0 unspecified atom stereocenters. The molecule has 0 rings (SSSR count). The van der Waals surface area contributed by atoms with E-state index >= 15 is 0 Å². The SMILES string of the molecule is NC(N)=N[C@@H](CCO)C(=O)O. The van der Waals surface area contributed by atoms with E-state index in [0.717, 1.165) is 0 Å². The largest absolute Gasteiger partial charge is 0.480 e. The number of nitrogens with zero attached hydrogens (tertiary/aromatic N) is 1. The minimum atomic E-state index is -1.15. The van der Waals surface area contributed by atoms with Crippen LogP contribution in [0.25, 0.3) is 0 Å². The third-order valence-corrected chi connectivity index (χ3v) is 0.993. The topological polar surface area (TPSA) is 122 Å². The zero-order valence-corrected chi connectivity index (χ0v) is 5.90. The van der Waals surface area contributed by atoms with E-state index in [2.05, 4.69) is 4.99 Å². The van der Waals surface area contributed by atoms with Crippen LogP contribution in [0.15, 0.2) is 4.99 Å². The minimum absolute atomic E-state index is 0.0211. The van der Waals surface area contributed by atoms with Gasteiger partial charge < -0.3 is 21.7 Å². The lowest BCUT2D eigenvalue weighted by Gasteiger charge is -2.04. The average molecular weight is 161 g/mol. The Labute approximate surface area is 63.5 Å². The van der Waals surface area contributed by atoms with Crippen LogP contribution >= 0.6 is 0 Å². The van der Waals surface area contributed by atoms with E-state index in [-0.39, 0.29) is 19.0 Å². The highest BCUT2D eigenvalue weighted by Crippen LogP contribution is 1.96. The van der Waals surface area contributed by atoms with Crippen LogP contribution in [0.5, 0.6) is 0 Å². The summed E-state index contributed by atoms with van der Waals surface area (Å²) in [4.78, 5) is 13.7. The molecule has 0 aromatic heterocycles. The van der Waals surface area contributed by atoms with E-state index in [9.17, 15) is 4.79 Å². The fourth-order valence-corrected chi connectivity index (χ4v) is 0.545. The summed E-state index contributed by atoms with van der Waals surface area (Å²) in [5, 5.41) is 16.8. The van der Waals surface area contributed by atoms with Crippen molar-refractivity contribution in [3.8, 4) is 0 Å². The summed E-state index contributed by atoms with van der Waals surface area (Å²) in [7, 11) is 0. The first-order valence-corrected chi connectivity index (χ1v) is 3.00. The fourth-order valence-electron chi connectivity index (χ4n) is 0.545. The van der Waals surface area contributed by atoms with Crippen LogP contribution in [0.4, 0.5) is 0 Å². The quantitative estimate of drug-likeness (QED) is 0.283. The summed E-state index contributed by atoms with van der Waals surface area (Å²) in [6.45, 7) is -0.256. The van der Waals surface area contributed by atoms with Gasteiger partial charge in [-0.15, -0.1) is 0 Å². The third kappa shape index (κ3) is 4.15. The van der Waals surface area contributed by atoms with Gasteiger partial charge in [-0.05, 0) is 0 Å². The van der Waals surface area contributed by atoms with Gasteiger partial charge >= 0.3 is 5.97 Å². The van der Waals surface area contributed by atoms with E-state index < -0.39 is 12.0 Å². The molecule has 1 atom stereocenters. The van der Waals surface area contributed by atoms with Gasteiger partial charge in [0.15, 0.2) is 12.0 Å². The number of aliphatic carboxylic acids is 1. The molecule has 0 aliphatic heterocycles. The Morgan fingerprint density at radius 1 is 1.55 bits per heavy atom. The Balaban J connectivity index is 4.11. The molecule has 0 bridgehead atoms. The number of carboxylic acids is 1. The Kier molecular flexibility index (Phi) is 3.97. The normalized spacial score (nSPS) is 12.1. The Morgan fingerprint density at radius 2 is 2.09 bits per heavy atom. The van der Waals surface area contributed by atoms with Gasteiger partial charge in [0.05, 0.1) is 0 Å². The summed E-state index contributed by atoms with van der Waals surface area (Å²) in [5.41, 5.74) is 9.89. The highest BCUT2D eigenvalue weighted by Gasteiger charge is 2.14. The van der Waals surface area contributed by atoms with Gasteiger partial charge in [0.1, 0.15) is 0 Å². The lowest BCUT2D eigenvalue weighted by atomic mass is 10.2. The summed E-state index contributed by atoms with van der Waals surface area (Å²) < 4.78 is 0. The highest BCUT2D eigenvalue weighted by atomic mass is 16.4. The maximum absolute atomic E-state index is 10.3. The Hall–Kier alpha value is -1.30. The predicted octanol–water partition coefficient (Wildman–Crippen LogP) is -1.90. The molecule has 0 saturated carbocycles. The number of aliphatic hydroxyl groups is 1. The number of nitrogens with two attached hydrogens (primary N) is 2. The summed E-state index contributed by atoms with van der Waals surface area (Å²) >= 11 is 0. The van der Waals surface area contributed by atoms with E-state index in [1.807, 2.05) is 0 Å². The van der Waals surface area contributed by atoms with Crippen LogP contribution < -0.4 is 11.5 Å². The molecule has 0 aliphatic rings. The molecule has 0 heterocycles. The second-order valence-corrected chi connectivity index (χ2v) is 1.92. The molecule has 6 nitrogen and oxygen atoms in total. The van der Waals surface area contributed by atoms with Gasteiger partial charge in [0, 0.05) is 13.0 Å². The number of rotatable bonds is 4. The predicted molar refractivity (Wildman–Crippen MR) is 38.9 cm³/mol. The number of aliphatic imine (C=N–C) groups is 1. The van der Waals surface area contributed by atoms with Gasteiger partial charge in [0.25, 0.3) is 0 Å². The van der Waals surface area contributed by atoms with E-state index in [1.165, 1.54) is 0 Å². The van der Waals surface area contributed by atoms with E-state index in [4.69, 9.17) is 21.7 Å². The summed E-state index contributed by atoms with van der Waals surface area (Å²) in [6.07, 6.45) is 0.0211. The molecule has 0 saturated heterocycles. The van der Waals surface area contributed by atoms with Crippen molar-refractivity contribution in [3.05, 3.63) is 0 Å². The number of carbonyl (C=O) groups is 1. The monoisotopic (exact) mass is 161 g/mol. The Morgan fingerprint density at radius 3 is 2.36 bits per heavy atom. The van der Waals surface area contributed by atoms with Gasteiger partial charge in [-0.2, -0.15) is 0 Å². The second kappa shape index (κ2) is 4.51.